The Labute approximate surface area is 114 Å². The van der Waals surface area contributed by atoms with Gasteiger partial charge in [-0.2, -0.15) is 0 Å². The molecule has 0 unspecified atom stereocenters. The third kappa shape index (κ3) is 6.88. The van der Waals surface area contributed by atoms with E-state index in [0.717, 1.165) is 18.7 Å². The lowest BCUT2D eigenvalue weighted by molar-refractivity contribution is 0.0485. The van der Waals surface area contributed by atoms with Crippen LogP contribution in [-0.4, -0.2) is 43.9 Å². The minimum absolute atomic E-state index is 0.127. The molecule has 0 spiro atoms. The number of rotatable bonds is 9. The number of amides is 1. The maximum Gasteiger partial charge on any atom is 0.252 e. The van der Waals surface area contributed by atoms with Crippen molar-refractivity contribution in [2.75, 3.05) is 33.0 Å². The van der Waals surface area contributed by atoms with Crippen LogP contribution in [-0.2, 0) is 9.47 Å². The Hall–Kier alpha value is -1.46. The maximum absolute atomic E-state index is 11.7. The molecule has 106 valence electrons. The quantitative estimate of drug-likeness (QED) is 0.689. The molecular formula is C14H22N2O3. The molecule has 0 fully saturated rings. The second-order valence-corrected chi connectivity index (χ2v) is 4.17. The van der Waals surface area contributed by atoms with Crippen molar-refractivity contribution in [2.45, 2.75) is 20.3 Å². The Kier molecular flexibility index (Phi) is 7.77. The molecule has 1 heterocycles. The first-order valence-corrected chi connectivity index (χ1v) is 6.60. The number of ether oxygens (including phenoxy) is 2. The SMILES string of the molecule is CCCOCCOCCNC(=O)c1ccc(C)nc1. The van der Waals surface area contributed by atoms with Gasteiger partial charge in [0.25, 0.3) is 5.91 Å². The molecule has 0 radical (unpaired) electrons. The summed E-state index contributed by atoms with van der Waals surface area (Å²) in [6.45, 7) is 6.85. The lowest BCUT2D eigenvalue weighted by Crippen LogP contribution is -2.27. The van der Waals surface area contributed by atoms with Crippen LogP contribution in [0, 0.1) is 6.92 Å². The van der Waals surface area contributed by atoms with Gasteiger partial charge in [-0.25, -0.2) is 0 Å². The van der Waals surface area contributed by atoms with Crippen LogP contribution in [0.1, 0.15) is 29.4 Å². The van der Waals surface area contributed by atoms with E-state index in [9.17, 15) is 4.79 Å². The molecule has 5 nitrogen and oxygen atoms in total. The van der Waals surface area contributed by atoms with E-state index in [-0.39, 0.29) is 5.91 Å². The highest BCUT2D eigenvalue weighted by molar-refractivity contribution is 5.93. The number of pyridine rings is 1. The van der Waals surface area contributed by atoms with Crippen LogP contribution in [0.4, 0.5) is 0 Å². The third-order valence-corrected chi connectivity index (χ3v) is 2.43. The molecule has 1 amide bonds. The molecule has 1 aromatic heterocycles. The van der Waals surface area contributed by atoms with Gasteiger partial charge in [0.15, 0.2) is 0 Å². The topological polar surface area (TPSA) is 60.5 Å². The highest BCUT2D eigenvalue weighted by atomic mass is 16.5. The largest absolute Gasteiger partial charge is 0.379 e. The second kappa shape index (κ2) is 9.47. The molecule has 0 aliphatic rings. The molecule has 0 aromatic carbocycles. The van der Waals surface area contributed by atoms with Gasteiger partial charge >= 0.3 is 0 Å². The molecule has 0 atom stereocenters. The van der Waals surface area contributed by atoms with Crippen LogP contribution in [0.25, 0.3) is 0 Å². The van der Waals surface area contributed by atoms with E-state index >= 15 is 0 Å². The molecule has 1 aromatic rings. The van der Waals surface area contributed by atoms with Crippen LogP contribution in [0.15, 0.2) is 18.3 Å². The van der Waals surface area contributed by atoms with Gasteiger partial charge in [-0.15, -0.1) is 0 Å². The van der Waals surface area contributed by atoms with Gasteiger partial charge in [-0.05, 0) is 25.5 Å². The Bertz CT molecular complexity index is 365. The molecule has 0 bridgehead atoms. The van der Waals surface area contributed by atoms with Crippen molar-refractivity contribution in [1.82, 2.24) is 10.3 Å². The van der Waals surface area contributed by atoms with Gasteiger partial charge in [0.1, 0.15) is 0 Å². The smallest absolute Gasteiger partial charge is 0.252 e. The highest BCUT2D eigenvalue weighted by Crippen LogP contribution is 1.98. The van der Waals surface area contributed by atoms with Crippen LogP contribution < -0.4 is 5.32 Å². The Balaban J connectivity index is 2.06. The van der Waals surface area contributed by atoms with Crippen LogP contribution in [0.5, 0.6) is 0 Å². The zero-order chi connectivity index (χ0) is 13.9. The van der Waals surface area contributed by atoms with Gasteiger partial charge < -0.3 is 14.8 Å². The molecule has 0 saturated heterocycles. The minimum atomic E-state index is -0.127. The lowest BCUT2D eigenvalue weighted by Gasteiger charge is -2.07. The highest BCUT2D eigenvalue weighted by Gasteiger charge is 2.04. The third-order valence-electron chi connectivity index (χ3n) is 2.43. The average molecular weight is 266 g/mol. The number of hydrogen-bond donors (Lipinski definition) is 1. The minimum Gasteiger partial charge on any atom is -0.379 e. The summed E-state index contributed by atoms with van der Waals surface area (Å²) in [5.41, 5.74) is 1.46. The van der Waals surface area contributed by atoms with E-state index in [1.165, 1.54) is 0 Å². The van der Waals surface area contributed by atoms with E-state index in [0.29, 0.717) is 31.9 Å². The summed E-state index contributed by atoms with van der Waals surface area (Å²) in [4.78, 5) is 15.8. The summed E-state index contributed by atoms with van der Waals surface area (Å²) in [7, 11) is 0. The average Bonchev–Trinajstić information content (AvgIpc) is 2.42. The summed E-state index contributed by atoms with van der Waals surface area (Å²) >= 11 is 0. The number of nitrogens with zero attached hydrogens (tertiary/aromatic N) is 1. The Morgan fingerprint density at radius 2 is 1.95 bits per heavy atom. The first kappa shape index (κ1) is 15.6. The fourth-order valence-electron chi connectivity index (χ4n) is 1.41. The lowest BCUT2D eigenvalue weighted by atomic mass is 10.2. The van der Waals surface area contributed by atoms with E-state index in [1.54, 1.807) is 12.3 Å². The van der Waals surface area contributed by atoms with Crippen LogP contribution >= 0.6 is 0 Å². The fourth-order valence-corrected chi connectivity index (χ4v) is 1.41. The normalized spacial score (nSPS) is 10.4. The Morgan fingerprint density at radius 3 is 2.58 bits per heavy atom. The molecule has 19 heavy (non-hydrogen) atoms. The number of carbonyl (C=O) groups is 1. The predicted octanol–water partition coefficient (Wildman–Crippen LogP) is 1.56. The molecule has 1 rings (SSSR count). The number of nitrogens with one attached hydrogen (secondary N) is 1. The van der Waals surface area contributed by atoms with E-state index in [1.807, 2.05) is 13.0 Å². The van der Waals surface area contributed by atoms with Crippen molar-refractivity contribution in [1.29, 1.82) is 0 Å². The van der Waals surface area contributed by atoms with Crippen molar-refractivity contribution in [3.8, 4) is 0 Å². The number of hydrogen-bond acceptors (Lipinski definition) is 4. The van der Waals surface area contributed by atoms with Crippen molar-refractivity contribution in [3.05, 3.63) is 29.6 Å². The predicted molar refractivity (Wildman–Crippen MR) is 73.2 cm³/mol. The zero-order valence-corrected chi connectivity index (χ0v) is 11.6. The Morgan fingerprint density at radius 1 is 1.21 bits per heavy atom. The number of aromatic nitrogens is 1. The molecule has 0 aliphatic heterocycles. The summed E-state index contributed by atoms with van der Waals surface area (Å²) in [6, 6.07) is 3.58. The summed E-state index contributed by atoms with van der Waals surface area (Å²) in [5.74, 6) is -0.127. The van der Waals surface area contributed by atoms with Gasteiger partial charge in [0.05, 0.1) is 25.4 Å². The maximum atomic E-state index is 11.7. The monoisotopic (exact) mass is 266 g/mol. The first-order chi connectivity index (χ1) is 9.24. The molecule has 5 heteroatoms. The zero-order valence-electron chi connectivity index (χ0n) is 11.6. The molecule has 0 aliphatic carbocycles. The fraction of sp³-hybridized carbons (Fsp3) is 0.571. The summed E-state index contributed by atoms with van der Waals surface area (Å²) in [6.07, 6.45) is 2.59. The van der Waals surface area contributed by atoms with Crippen molar-refractivity contribution >= 4 is 5.91 Å². The van der Waals surface area contributed by atoms with Gasteiger partial charge in [0, 0.05) is 25.0 Å². The number of carbonyl (C=O) groups excluding carboxylic acids is 1. The standard InChI is InChI=1S/C14H22N2O3/c1-3-7-18-9-10-19-8-6-15-14(17)13-5-4-12(2)16-11-13/h4-5,11H,3,6-10H2,1-2H3,(H,15,17). The van der Waals surface area contributed by atoms with Crippen molar-refractivity contribution in [3.63, 3.8) is 0 Å². The second-order valence-electron chi connectivity index (χ2n) is 4.17. The molecule has 0 saturated carbocycles. The van der Waals surface area contributed by atoms with Crippen LogP contribution in [0.2, 0.25) is 0 Å². The first-order valence-electron chi connectivity index (χ1n) is 6.60. The van der Waals surface area contributed by atoms with Crippen molar-refractivity contribution < 1.29 is 14.3 Å². The van der Waals surface area contributed by atoms with E-state index in [2.05, 4.69) is 17.2 Å². The molecular weight excluding hydrogens is 244 g/mol. The van der Waals surface area contributed by atoms with E-state index < -0.39 is 0 Å². The van der Waals surface area contributed by atoms with Crippen molar-refractivity contribution in [2.24, 2.45) is 0 Å². The van der Waals surface area contributed by atoms with E-state index in [4.69, 9.17) is 9.47 Å². The number of aryl methyl sites for hydroxylation is 1. The van der Waals surface area contributed by atoms with Gasteiger partial charge in [-0.1, -0.05) is 6.92 Å². The van der Waals surface area contributed by atoms with Gasteiger partial charge in [0.2, 0.25) is 0 Å². The molecule has 1 N–H and O–H groups in total. The van der Waals surface area contributed by atoms with Crippen LogP contribution in [0.3, 0.4) is 0 Å². The summed E-state index contributed by atoms with van der Waals surface area (Å²) in [5, 5.41) is 2.78. The van der Waals surface area contributed by atoms with Gasteiger partial charge in [-0.3, -0.25) is 9.78 Å². The summed E-state index contributed by atoms with van der Waals surface area (Å²) < 4.78 is 10.6.